The minimum absolute atomic E-state index is 0.920. The number of hydrogen-bond donors (Lipinski definition) is 0. The number of hydrogen-bond acceptors (Lipinski definition) is 1. The summed E-state index contributed by atoms with van der Waals surface area (Å²) in [5.41, 5.74) is 11.3. The highest BCUT2D eigenvalue weighted by molar-refractivity contribution is 6.27. The van der Waals surface area contributed by atoms with Gasteiger partial charge in [0.25, 0.3) is 0 Å². The summed E-state index contributed by atoms with van der Waals surface area (Å²) in [6, 6.07) is 56.5. The monoisotopic (exact) mass is 574 g/mol. The summed E-state index contributed by atoms with van der Waals surface area (Å²) >= 11 is 0. The van der Waals surface area contributed by atoms with Crippen LogP contribution in [0.4, 0.5) is 0 Å². The van der Waals surface area contributed by atoms with Gasteiger partial charge in [-0.15, -0.1) is 0 Å². The van der Waals surface area contributed by atoms with E-state index in [9.17, 15) is 0 Å². The molecule has 0 fully saturated rings. The Morgan fingerprint density at radius 2 is 0.933 bits per heavy atom. The highest BCUT2D eigenvalue weighted by atomic mass is 16.3. The van der Waals surface area contributed by atoms with Crippen molar-refractivity contribution < 1.29 is 4.42 Å². The van der Waals surface area contributed by atoms with E-state index in [0.29, 0.717) is 0 Å². The Kier molecular flexibility index (Phi) is 5.00. The molecule has 0 N–H and O–H groups in total. The Balaban J connectivity index is 1.14. The molecule has 7 aromatic carbocycles. The lowest BCUT2D eigenvalue weighted by atomic mass is 10.0. The molecule has 0 aliphatic rings. The van der Waals surface area contributed by atoms with Crippen LogP contribution >= 0.6 is 0 Å². The Labute approximate surface area is 258 Å². The van der Waals surface area contributed by atoms with Crippen LogP contribution in [0.3, 0.4) is 0 Å². The second-order valence-electron chi connectivity index (χ2n) is 11.8. The third-order valence-corrected chi connectivity index (χ3v) is 9.32. The highest BCUT2D eigenvalue weighted by Gasteiger charge is 2.19. The molecule has 0 spiro atoms. The van der Waals surface area contributed by atoms with Crippen molar-refractivity contribution in [3.63, 3.8) is 0 Å². The second-order valence-corrected chi connectivity index (χ2v) is 11.8. The van der Waals surface area contributed by atoms with Crippen molar-refractivity contribution >= 4 is 65.6 Å². The fourth-order valence-electron chi connectivity index (χ4n) is 7.38. The maximum atomic E-state index is 6.27. The number of furan rings is 1. The van der Waals surface area contributed by atoms with Gasteiger partial charge in [-0.25, -0.2) is 0 Å². The zero-order chi connectivity index (χ0) is 29.5. The summed E-state index contributed by atoms with van der Waals surface area (Å²) in [6.07, 6.45) is 0. The van der Waals surface area contributed by atoms with E-state index in [1.165, 1.54) is 60.1 Å². The van der Waals surface area contributed by atoms with Crippen LogP contribution in [0.25, 0.3) is 88.1 Å². The Hall–Kier alpha value is -6.06. The van der Waals surface area contributed by atoms with Crippen molar-refractivity contribution in [3.05, 3.63) is 158 Å². The first-order chi connectivity index (χ1) is 22.3. The normalized spacial score (nSPS) is 12.0. The quantitative estimate of drug-likeness (QED) is 0.206. The van der Waals surface area contributed by atoms with Crippen LogP contribution < -0.4 is 0 Å². The van der Waals surface area contributed by atoms with Gasteiger partial charge in [0.05, 0.1) is 22.1 Å². The van der Waals surface area contributed by atoms with Gasteiger partial charge in [0.1, 0.15) is 11.2 Å². The number of aromatic nitrogens is 2. The maximum Gasteiger partial charge on any atom is 0.136 e. The molecule has 0 saturated carbocycles. The number of fused-ring (bicyclic) bond motifs is 10. The molecular weight excluding hydrogens is 548 g/mol. The average Bonchev–Trinajstić information content (AvgIpc) is 3.76. The number of nitrogens with zero attached hydrogens (tertiary/aromatic N) is 2. The van der Waals surface area contributed by atoms with Crippen LogP contribution in [-0.4, -0.2) is 9.13 Å². The van der Waals surface area contributed by atoms with Crippen LogP contribution in [0.2, 0.25) is 0 Å². The number of rotatable bonds is 3. The first-order valence-corrected chi connectivity index (χ1v) is 15.4. The molecule has 0 unspecified atom stereocenters. The largest absolute Gasteiger partial charge is 0.456 e. The molecule has 0 radical (unpaired) electrons. The molecule has 3 heterocycles. The van der Waals surface area contributed by atoms with E-state index < -0.39 is 0 Å². The molecule has 10 rings (SSSR count). The predicted octanol–water partition coefficient (Wildman–Crippen LogP) is 11.4. The molecule has 0 atom stereocenters. The first-order valence-electron chi connectivity index (χ1n) is 15.4. The lowest BCUT2D eigenvalue weighted by Gasteiger charge is -2.12. The fourth-order valence-corrected chi connectivity index (χ4v) is 7.38. The van der Waals surface area contributed by atoms with Crippen LogP contribution in [0.15, 0.2) is 162 Å². The van der Waals surface area contributed by atoms with Gasteiger partial charge in [-0.3, -0.25) is 0 Å². The molecule has 0 aliphatic carbocycles. The molecule has 3 nitrogen and oxygen atoms in total. The van der Waals surface area contributed by atoms with Crippen molar-refractivity contribution in [3.8, 4) is 22.5 Å². The number of benzene rings is 7. The summed E-state index contributed by atoms with van der Waals surface area (Å²) in [5.74, 6) is 0. The Bertz CT molecular complexity index is 2700. The summed E-state index contributed by atoms with van der Waals surface area (Å²) in [5, 5.41) is 7.33. The van der Waals surface area contributed by atoms with E-state index in [1.807, 2.05) is 6.07 Å². The second kappa shape index (κ2) is 9.22. The SMILES string of the molecule is c1cc(-c2ccc(-n3c4ccccc4c4ccccc43)cc2)cc(-n2c3ccccc3c3c4c(ccc32)oc2ccccc24)c1. The van der Waals surface area contributed by atoms with Gasteiger partial charge in [-0.05, 0) is 71.8 Å². The molecule has 0 aliphatic heterocycles. The fraction of sp³-hybridized carbons (Fsp3) is 0. The van der Waals surface area contributed by atoms with Gasteiger partial charge in [0.2, 0.25) is 0 Å². The predicted molar refractivity (Wildman–Crippen MR) is 188 cm³/mol. The smallest absolute Gasteiger partial charge is 0.136 e. The Morgan fingerprint density at radius 1 is 0.333 bits per heavy atom. The molecule has 45 heavy (non-hydrogen) atoms. The molecular formula is C42H26N2O. The minimum Gasteiger partial charge on any atom is -0.456 e. The van der Waals surface area contributed by atoms with Gasteiger partial charge in [-0.2, -0.15) is 0 Å². The first kappa shape index (κ1) is 24.4. The topological polar surface area (TPSA) is 23.0 Å². The zero-order valence-corrected chi connectivity index (χ0v) is 24.3. The van der Waals surface area contributed by atoms with Gasteiger partial charge in [0.15, 0.2) is 0 Å². The van der Waals surface area contributed by atoms with Gasteiger partial charge in [-0.1, -0.05) is 97.1 Å². The van der Waals surface area contributed by atoms with Crippen molar-refractivity contribution in [2.45, 2.75) is 0 Å². The van der Waals surface area contributed by atoms with E-state index in [1.54, 1.807) is 0 Å². The van der Waals surface area contributed by atoms with Crippen molar-refractivity contribution in [1.29, 1.82) is 0 Å². The Morgan fingerprint density at radius 3 is 1.67 bits per heavy atom. The van der Waals surface area contributed by atoms with Gasteiger partial charge in [0, 0.05) is 43.7 Å². The van der Waals surface area contributed by atoms with Crippen molar-refractivity contribution in [2.24, 2.45) is 0 Å². The van der Waals surface area contributed by atoms with Gasteiger partial charge >= 0.3 is 0 Å². The molecule has 0 amide bonds. The lowest BCUT2D eigenvalue weighted by molar-refractivity contribution is 0.669. The van der Waals surface area contributed by atoms with E-state index in [2.05, 4.69) is 161 Å². The highest BCUT2D eigenvalue weighted by Crippen LogP contribution is 2.41. The molecule has 0 saturated heterocycles. The lowest BCUT2D eigenvalue weighted by Crippen LogP contribution is -1.95. The number of para-hydroxylation sites is 4. The standard InChI is InChI=1S/C42H26N2O/c1-5-16-35-31(12-1)32-13-2-6-17-36(32)43(35)29-22-20-27(21-23-29)28-10-9-11-30(26-28)44-37-18-7-3-14-33(37)41-38(44)24-25-40-42(41)34-15-4-8-19-39(34)45-40/h1-26H. The van der Waals surface area contributed by atoms with Crippen LogP contribution in [0.5, 0.6) is 0 Å². The average molecular weight is 575 g/mol. The minimum atomic E-state index is 0.920. The zero-order valence-electron chi connectivity index (χ0n) is 24.3. The summed E-state index contributed by atoms with van der Waals surface area (Å²) < 4.78 is 11.0. The van der Waals surface area contributed by atoms with Crippen molar-refractivity contribution in [2.75, 3.05) is 0 Å². The van der Waals surface area contributed by atoms with Gasteiger partial charge < -0.3 is 13.6 Å². The van der Waals surface area contributed by atoms with Crippen molar-refractivity contribution in [1.82, 2.24) is 9.13 Å². The maximum absolute atomic E-state index is 6.27. The molecule has 3 heteroatoms. The van der Waals surface area contributed by atoms with Crippen LogP contribution in [-0.2, 0) is 0 Å². The summed E-state index contributed by atoms with van der Waals surface area (Å²) in [6.45, 7) is 0. The van der Waals surface area contributed by atoms with Crippen LogP contribution in [0.1, 0.15) is 0 Å². The summed E-state index contributed by atoms with van der Waals surface area (Å²) in [7, 11) is 0. The molecule has 3 aromatic heterocycles. The van der Waals surface area contributed by atoms with Crippen LogP contribution in [0, 0.1) is 0 Å². The third kappa shape index (κ3) is 3.46. The van der Waals surface area contributed by atoms with E-state index >= 15 is 0 Å². The van der Waals surface area contributed by atoms with E-state index in [0.717, 1.165) is 27.9 Å². The molecule has 0 bridgehead atoms. The summed E-state index contributed by atoms with van der Waals surface area (Å²) in [4.78, 5) is 0. The van der Waals surface area contributed by atoms with E-state index in [-0.39, 0.29) is 0 Å². The third-order valence-electron chi connectivity index (χ3n) is 9.32. The molecule has 210 valence electrons. The molecule has 10 aromatic rings. The van der Waals surface area contributed by atoms with E-state index in [4.69, 9.17) is 4.42 Å².